The van der Waals surface area contributed by atoms with Crippen molar-refractivity contribution in [3.63, 3.8) is 0 Å². The fraction of sp³-hybridized carbons (Fsp3) is 0. The number of aldehydes is 1. The first-order chi connectivity index (χ1) is 8.78. The lowest BCUT2D eigenvalue weighted by Gasteiger charge is -2.00. The van der Waals surface area contributed by atoms with Gasteiger partial charge in [0.15, 0.2) is 11.5 Å². The molecule has 0 atom stereocenters. The number of aromatic nitrogens is 3. The van der Waals surface area contributed by atoms with Crippen molar-refractivity contribution in [3.05, 3.63) is 53.2 Å². The van der Waals surface area contributed by atoms with Gasteiger partial charge >= 0.3 is 0 Å². The Morgan fingerprint density at radius 3 is 2.83 bits per heavy atom. The molecular formula is C13H8ClN3O. The Kier molecular flexibility index (Phi) is 2.57. The number of nitrogens with zero attached hydrogens (tertiary/aromatic N) is 3. The summed E-state index contributed by atoms with van der Waals surface area (Å²) in [5.74, 6) is 0.699. The summed E-state index contributed by atoms with van der Waals surface area (Å²) in [4.78, 5) is 10.7. The van der Waals surface area contributed by atoms with Gasteiger partial charge in [0.05, 0.1) is 0 Å². The van der Waals surface area contributed by atoms with E-state index in [1.54, 1.807) is 24.4 Å². The van der Waals surface area contributed by atoms with Gasteiger partial charge in [0.1, 0.15) is 6.29 Å². The van der Waals surface area contributed by atoms with Crippen LogP contribution in [0.4, 0.5) is 0 Å². The lowest BCUT2D eigenvalue weighted by molar-refractivity contribution is 0.112. The molecule has 0 radical (unpaired) electrons. The Balaban J connectivity index is 2.21. The number of carbonyl (C=O) groups is 1. The molecule has 0 amide bonds. The first kappa shape index (κ1) is 10.9. The molecule has 0 fully saturated rings. The van der Waals surface area contributed by atoms with Gasteiger partial charge in [0.2, 0.25) is 0 Å². The van der Waals surface area contributed by atoms with E-state index >= 15 is 0 Å². The maximum Gasteiger partial charge on any atom is 0.168 e. The highest BCUT2D eigenvalue weighted by Gasteiger charge is 2.08. The van der Waals surface area contributed by atoms with Crippen LogP contribution in [0.1, 0.15) is 10.4 Å². The van der Waals surface area contributed by atoms with E-state index in [2.05, 4.69) is 10.2 Å². The van der Waals surface area contributed by atoms with E-state index in [9.17, 15) is 4.79 Å². The molecule has 88 valence electrons. The number of pyridine rings is 1. The van der Waals surface area contributed by atoms with Gasteiger partial charge in [-0.2, -0.15) is 0 Å². The second-order valence-electron chi connectivity index (χ2n) is 3.84. The highest BCUT2D eigenvalue weighted by Crippen LogP contribution is 2.21. The number of hydrogen-bond acceptors (Lipinski definition) is 3. The summed E-state index contributed by atoms with van der Waals surface area (Å²) in [6.45, 7) is 0. The van der Waals surface area contributed by atoms with Crippen molar-refractivity contribution >= 4 is 23.5 Å². The molecule has 5 heteroatoms. The van der Waals surface area contributed by atoms with Gasteiger partial charge in [0, 0.05) is 22.3 Å². The van der Waals surface area contributed by atoms with Crippen molar-refractivity contribution in [3.8, 4) is 11.4 Å². The van der Waals surface area contributed by atoms with Crippen LogP contribution < -0.4 is 0 Å². The van der Waals surface area contributed by atoms with Crippen LogP contribution in [0.25, 0.3) is 17.0 Å². The van der Waals surface area contributed by atoms with Gasteiger partial charge in [-0.3, -0.25) is 9.20 Å². The van der Waals surface area contributed by atoms with Gasteiger partial charge in [-0.25, -0.2) is 0 Å². The maximum absolute atomic E-state index is 10.7. The van der Waals surface area contributed by atoms with Gasteiger partial charge < -0.3 is 0 Å². The molecule has 0 aliphatic heterocycles. The van der Waals surface area contributed by atoms with E-state index < -0.39 is 0 Å². The lowest BCUT2D eigenvalue weighted by Crippen LogP contribution is -1.90. The Morgan fingerprint density at radius 1 is 1.17 bits per heavy atom. The Labute approximate surface area is 108 Å². The lowest BCUT2D eigenvalue weighted by atomic mass is 10.2. The Hall–Kier alpha value is -2.20. The van der Waals surface area contributed by atoms with Crippen LogP contribution in [0.2, 0.25) is 5.02 Å². The minimum atomic E-state index is 0.576. The molecule has 18 heavy (non-hydrogen) atoms. The molecular weight excluding hydrogens is 250 g/mol. The fourth-order valence-electron chi connectivity index (χ4n) is 1.80. The van der Waals surface area contributed by atoms with E-state index in [0.717, 1.165) is 11.8 Å². The van der Waals surface area contributed by atoms with E-state index in [-0.39, 0.29) is 0 Å². The molecule has 0 unspecified atom stereocenters. The van der Waals surface area contributed by atoms with Gasteiger partial charge in [-0.05, 0) is 24.3 Å². The first-order valence-corrected chi connectivity index (χ1v) is 5.71. The highest BCUT2D eigenvalue weighted by molar-refractivity contribution is 6.30. The third kappa shape index (κ3) is 1.76. The average molecular weight is 258 g/mol. The molecule has 3 aromatic rings. The van der Waals surface area contributed by atoms with Crippen LogP contribution >= 0.6 is 11.6 Å². The number of fused-ring (bicyclic) bond motifs is 1. The van der Waals surface area contributed by atoms with Crippen molar-refractivity contribution in [1.29, 1.82) is 0 Å². The molecule has 0 aliphatic rings. The Morgan fingerprint density at radius 2 is 2.06 bits per heavy atom. The molecule has 4 nitrogen and oxygen atoms in total. The minimum absolute atomic E-state index is 0.576. The molecule has 0 N–H and O–H groups in total. The number of carbonyl (C=O) groups excluding carboxylic acids is 1. The van der Waals surface area contributed by atoms with Crippen molar-refractivity contribution < 1.29 is 4.79 Å². The quantitative estimate of drug-likeness (QED) is 0.663. The minimum Gasteiger partial charge on any atom is -0.298 e. The van der Waals surface area contributed by atoms with Crippen molar-refractivity contribution in [1.82, 2.24) is 14.6 Å². The van der Waals surface area contributed by atoms with E-state index in [0.29, 0.717) is 22.1 Å². The molecule has 2 heterocycles. The number of rotatable bonds is 2. The monoisotopic (exact) mass is 257 g/mol. The van der Waals surface area contributed by atoms with Crippen LogP contribution in [-0.2, 0) is 0 Å². The smallest absolute Gasteiger partial charge is 0.168 e. The number of benzene rings is 1. The maximum atomic E-state index is 10.7. The molecule has 0 aliphatic carbocycles. The van der Waals surface area contributed by atoms with Gasteiger partial charge in [0.25, 0.3) is 0 Å². The summed E-state index contributed by atoms with van der Waals surface area (Å²) in [6, 6.07) is 10.8. The molecule has 0 saturated heterocycles. The van der Waals surface area contributed by atoms with Crippen LogP contribution in [0, 0.1) is 0 Å². The molecule has 3 rings (SSSR count). The van der Waals surface area contributed by atoms with E-state index in [1.807, 2.05) is 22.6 Å². The third-order valence-corrected chi connectivity index (χ3v) is 2.89. The van der Waals surface area contributed by atoms with Crippen molar-refractivity contribution in [2.75, 3.05) is 0 Å². The van der Waals surface area contributed by atoms with Gasteiger partial charge in [-0.15, -0.1) is 10.2 Å². The summed E-state index contributed by atoms with van der Waals surface area (Å²) < 4.78 is 1.82. The second kappa shape index (κ2) is 4.23. The summed E-state index contributed by atoms with van der Waals surface area (Å²) in [5.41, 5.74) is 2.09. The zero-order chi connectivity index (χ0) is 12.5. The van der Waals surface area contributed by atoms with E-state index in [1.165, 1.54) is 0 Å². The SMILES string of the molecule is O=Cc1ccn2c(-c3cccc(Cl)c3)nnc2c1. The average Bonchev–Trinajstić information content (AvgIpc) is 2.81. The molecule has 2 aromatic heterocycles. The number of hydrogen-bond donors (Lipinski definition) is 0. The third-order valence-electron chi connectivity index (χ3n) is 2.65. The topological polar surface area (TPSA) is 47.3 Å². The zero-order valence-electron chi connectivity index (χ0n) is 9.25. The van der Waals surface area contributed by atoms with Crippen molar-refractivity contribution in [2.45, 2.75) is 0 Å². The number of halogens is 1. The van der Waals surface area contributed by atoms with E-state index in [4.69, 9.17) is 11.6 Å². The molecule has 0 bridgehead atoms. The first-order valence-electron chi connectivity index (χ1n) is 5.34. The summed E-state index contributed by atoms with van der Waals surface area (Å²) in [7, 11) is 0. The normalized spacial score (nSPS) is 10.7. The summed E-state index contributed by atoms with van der Waals surface area (Å²) >= 11 is 5.96. The molecule has 1 aromatic carbocycles. The van der Waals surface area contributed by atoms with Gasteiger partial charge in [-0.1, -0.05) is 23.7 Å². The largest absolute Gasteiger partial charge is 0.298 e. The molecule has 0 spiro atoms. The second-order valence-corrected chi connectivity index (χ2v) is 4.28. The molecule has 0 saturated carbocycles. The summed E-state index contributed by atoms with van der Waals surface area (Å²) in [6.07, 6.45) is 2.56. The zero-order valence-corrected chi connectivity index (χ0v) is 10.0. The fourth-order valence-corrected chi connectivity index (χ4v) is 1.99. The highest BCUT2D eigenvalue weighted by atomic mass is 35.5. The van der Waals surface area contributed by atoms with Crippen molar-refractivity contribution in [2.24, 2.45) is 0 Å². The van der Waals surface area contributed by atoms with Crippen LogP contribution in [-0.4, -0.2) is 20.9 Å². The van der Waals surface area contributed by atoms with Crippen LogP contribution in [0.3, 0.4) is 0 Å². The standard InChI is InChI=1S/C13H8ClN3O/c14-11-3-1-2-10(7-11)13-16-15-12-6-9(8-18)4-5-17(12)13/h1-8H. The summed E-state index contributed by atoms with van der Waals surface area (Å²) in [5, 5.41) is 8.81. The van der Waals surface area contributed by atoms with Crippen LogP contribution in [0.15, 0.2) is 42.6 Å². The predicted molar refractivity (Wildman–Crippen MR) is 68.8 cm³/mol. The van der Waals surface area contributed by atoms with Crippen LogP contribution in [0.5, 0.6) is 0 Å². The predicted octanol–water partition coefficient (Wildman–Crippen LogP) is 2.86. The Bertz CT molecular complexity index is 736.